The number of rotatable bonds is 5. The number of hydrogen-bond acceptors (Lipinski definition) is 3. The molecule has 1 aromatic heterocycles. The average molecular weight is 842 g/mol. The van der Waals surface area contributed by atoms with E-state index in [2.05, 4.69) is 235 Å². The van der Waals surface area contributed by atoms with Gasteiger partial charge in [0.1, 0.15) is 17.1 Å². The summed E-state index contributed by atoms with van der Waals surface area (Å²) in [6.45, 7) is 0. The van der Waals surface area contributed by atoms with Gasteiger partial charge in [-0.2, -0.15) is 0 Å². The van der Waals surface area contributed by atoms with Gasteiger partial charge in [-0.25, -0.2) is 0 Å². The fourth-order valence-electron chi connectivity index (χ4n) is 11.4. The lowest BCUT2D eigenvalue weighted by Crippen LogP contribution is -2.32. The Morgan fingerprint density at radius 3 is 1.86 bits per heavy atom. The number of anilines is 3. The van der Waals surface area contributed by atoms with E-state index < -0.39 is 5.41 Å². The molecule has 0 fully saturated rings. The topological polar surface area (TPSA) is 25.6 Å². The van der Waals surface area contributed by atoms with Crippen molar-refractivity contribution in [3.63, 3.8) is 0 Å². The molecule has 12 aromatic rings. The monoisotopic (exact) mass is 841 g/mol. The van der Waals surface area contributed by atoms with Crippen LogP contribution in [-0.4, -0.2) is 0 Å². The van der Waals surface area contributed by atoms with Crippen molar-refractivity contribution in [3.05, 3.63) is 259 Å². The van der Waals surface area contributed by atoms with Crippen LogP contribution in [0.3, 0.4) is 0 Å². The predicted molar refractivity (Wildman–Crippen MR) is 272 cm³/mol. The van der Waals surface area contributed by atoms with E-state index in [4.69, 9.17) is 9.15 Å². The maximum Gasteiger partial charge on any atom is 0.159 e. The zero-order valence-corrected chi connectivity index (χ0v) is 35.8. The molecule has 1 unspecified atom stereocenters. The number of ether oxygens (including phenoxy) is 1. The highest BCUT2D eigenvalue weighted by Crippen LogP contribution is 2.64. The first-order chi connectivity index (χ1) is 32.8. The van der Waals surface area contributed by atoms with Gasteiger partial charge in [-0.3, -0.25) is 0 Å². The van der Waals surface area contributed by atoms with Crippen LogP contribution in [0.5, 0.6) is 11.5 Å². The van der Waals surface area contributed by atoms with Crippen LogP contribution in [0.4, 0.5) is 17.1 Å². The van der Waals surface area contributed by atoms with Crippen molar-refractivity contribution >= 4 is 60.5 Å². The highest BCUT2D eigenvalue weighted by atomic mass is 16.5. The number of furan rings is 1. The maximum atomic E-state index is 6.96. The molecule has 1 spiro atoms. The van der Waals surface area contributed by atoms with Gasteiger partial charge in [0.05, 0.1) is 22.5 Å². The lowest BCUT2D eigenvalue weighted by molar-refractivity contribution is 0.441. The summed E-state index contributed by atoms with van der Waals surface area (Å²) in [5, 5.41) is 6.77. The molecule has 0 N–H and O–H groups in total. The van der Waals surface area contributed by atoms with Crippen molar-refractivity contribution in [2.75, 3.05) is 4.90 Å². The molecule has 2 heterocycles. The Morgan fingerprint density at radius 2 is 0.970 bits per heavy atom. The summed E-state index contributed by atoms with van der Waals surface area (Å²) in [6, 6.07) is 85.6. The molecule has 1 atom stereocenters. The molecule has 11 aromatic carbocycles. The molecule has 14 rings (SSSR count). The first kappa shape index (κ1) is 36.8. The predicted octanol–water partition coefficient (Wildman–Crippen LogP) is 17.2. The highest BCUT2D eigenvalue weighted by Gasteiger charge is 2.52. The lowest BCUT2D eigenvalue weighted by atomic mass is 9.65. The van der Waals surface area contributed by atoms with Crippen LogP contribution >= 0.6 is 0 Å². The highest BCUT2D eigenvalue weighted by molar-refractivity contribution is 6.14. The second kappa shape index (κ2) is 14.2. The Morgan fingerprint density at radius 1 is 0.333 bits per heavy atom. The van der Waals surface area contributed by atoms with Gasteiger partial charge in [0.2, 0.25) is 0 Å². The Hall–Kier alpha value is -8.66. The summed E-state index contributed by atoms with van der Waals surface area (Å²) in [6.07, 6.45) is 0. The minimum atomic E-state index is -0.602. The zero-order chi connectivity index (χ0) is 43.3. The molecule has 2 aliphatic rings. The molecule has 0 radical (unpaired) electrons. The molecule has 0 saturated heterocycles. The number of nitrogens with zero attached hydrogens (tertiary/aromatic N) is 1. The van der Waals surface area contributed by atoms with Crippen molar-refractivity contribution in [3.8, 4) is 44.9 Å². The third-order valence-corrected chi connectivity index (χ3v) is 14.1. The van der Waals surface area contributed by atoms with E-state index in [0.29, 0.717) is 0 Å². The van der Waals surface area contributed by atoms with Crippen LogP contribution in [0.1, 0.15) is 22.3 Å². The van der Waals surface area contributed by atoms with E-state index in [1.807, 2.05) is 6.07 Å². The minimum Gasteiger partial charge on any atom is -0.456 e. The minimum absolute atomic E-state index is 0.602. The average Bonchev–Trinajstić information content (AvgIpc) is 3.92. The molecule has 0 saturated carbocycles. The first-order valence-electron chi connectivity index (χ1n) is 22.7. The maximum absolute atomic E-state index is 6.96. The normalized spacial score (nSPS) is 14.5. The van der Waals surface area contributed by atoms with Crippen LogP contribution in [0.15, 0.2) is 241 Å². The molecular formula is C63H39NO2. The molecule has 1 aliphatic carbocycles. The second-order valence-electron chi connectivity index (χ2n) is 17.4. The van der Waals surface area contributed by atoms with E-state index in [-0.39, 0.29) is 0 Å². The standard InChI is InChI=1S/C63H39NO2/c1-2-18-40(19-3-1)42-21-9-13-32-55(42)64(57-33-17-28-49-47-25-10-14-34-58(47)65-62(49)57)56-39-37-45(44-23-6-7-24-46(44)56)48-27-16-31-53-60(48)50-26-8-11-29-51(50)63(53)52-30-12-15-35-59(52)66-61-43-22-5-4-20-41(43)36-38-54(61)63/h1-39H. The van der Waals surface area contributed by atoms with Gasteiger partial charge in [0.15, 0.2) is 5.58 Å². The molecule has 66 heavy (non-hydrogen) atoms. The second-order valence-corrected chi connectivity index (χ2v) is 17.4. The van der Waals surface area contributed by atoms with E-state index in [0.717, 1.165) is 88.9 Å². The molecule has 3 nitrogen and oxygen atoms in total. The summed E-state index contributed by atoms with van der Waals surface area (Å²) in [5.41, 5.74) is 16.2. The lowest BCUT2D eigenvalue weighted by Gasteiger charge is -2.39. The van der Waals surface area contributed by atoms with Crippen molar-refractivity contribution in [2.45, 2.75) is 5.41 Å². The van der Waals surface area contributed by atoms with Gasteiger partial charge < -0.3 is 14.1 Å². The van der Waals surface area contributed by atoms with Crippen LogP contribution in [0.25, 0.3) is 76.9 Å². The zero-order valence-electron chi connectivity index (χ0n) is 35.8. The van der Waals surface area contributed by atoms with Gasteiger partial charge in [-0.05, 0) is 80.0 Å². The van der Waals surface area contributed by atoms with Crippen LogP contribution in [-0.2, 0) is 5.41 Å². The van der Waals surface area contributed by atoms with Crippen LogP contribution in [0.2, 0.25) is 0 Å². The van der Waals surface area contributed by atoms with E-state index in [1.165, 1.54) is 38.8 Å². The molecule has 3 heteroatoms. The summed E-state index contributed by atoms with van der Waals surface area (Å²) >= 11 is 0. The van der Waals surface area contributed by atoms with Gasteiger partial charge in [-0.15, -0.1) is 0 Å². The fourth-order valence-corrected chi connectivity index (χ4v) is 11.4. The molecule has 0 bridgehead atoms. The SMILES string of the molecule is c1ccc(-c2ccccc2N(c2ccc(-c3cccc4c3-c3ccccc3C43c4ccccc4Oc4c3ccc3ccccc43)c3ccccc23)c2cccc3c2oc2ccccc23)cc1. The third-order valence-electron chi connectivity index (χ3n) is 14.1. The van der Waals surface area contributed by atoms with E-state index in [1.54, 1.807) is 0 Å². The van der Waals surface area contributed by atoms with Crippen molar-refractivity contribution in [1.82, 2.24) is 0 Å². The molecular weight excluding hydrogens is 803 g/mol. The van der Waals surface area contributed by atoms with Crippen LogP contribution in [0, 0.1) is 0 Å². The first-order valence-corrected chi connectivity index (χ1v) is 22.7. The molecule has 1 aliphatic heterocycles. The Kier molecular flexibility index (Phi) is 7.90. The van der Waals surface area contributed by atoms with E-state index >= 15 is 0 Å². The van der Waals surface area contributed by atoms with Gasteiger partial charge >= 0.3 is 0 Å². The van der Waals surface area contributed by atoms with Crippen molar-refractivity contribution < 1.29 is 9.15 Å². The fraction of sp³-hybridized carbons (Fsp3) is 0.0159. The Labute approximate surface area is 382 Å². The quantitative estimate of drug-likeness (QED) is 0.173. The number of hydrogen-bond donors (Lipinski definition) is 0. The number of benzene rings is 11. The van der Waals surface area contributed by atoms with Gasteiger partial charge in [0.25, 0.3) is 0 Å². The van der Waals surface area contributed by atoms with Crippen molar-refractivity contribution in [2.24, 2.45) is 0 Å². The number of para-hydroxylation sites is 4. The number of fused-ring (bicyclic) bond motifs is 15. The van der Waals surface area contributed by atoms with Gasteiger partial charge in [0, 0.05) is 38.2 Å². The summed E-state index contributed by atoms with van der Waals surface area (Å²) < 4.78 is 13.8. The largest absolute Gasteiger partial charge is 0.456 e. The van der Waals surface area contributed by atoms with Crippen molar-refractivity contribution in [1.29, 1.82) is 0 Å². The van der Waals surface area contributed by atoms with Gasteiger partial charge in [-0.1, -0.05) is 206 Å². The molecule has 308 valence electrons. The summed E-state index contributed by atoms with van der Waals surface area (Å²) in [4.78, 5) is 2.42. The Bertz CT molecular complexity index is 3940. The Balaban J connectivity index is 1.04. The van der Waals surface area contributed by atoms with Crippen LogP contribution < -0.4 is 9.64 Å². The smallest absolute Gasteiger partial charge is 0.159 e. The summed E-state index contributed by atoms with van der Waals surface area (Å²) in [7, 11) is 0. The van der Waals surface area contributed by atoms with E-state index in [9.17, 15) is 0 Å². The molecule has 0 amide bonds. The third kappa shape index (κ3) is 5.08. The summed E-state index contributed by atoms with van der Waals surface area (Å²) in [5.74, 6) is 1.81.